The smallest absolute Gasteiger partial charge is 0.317 e. The molecule has 1 aromatic rings. The van der Waals surface area contributed by atoms with Gasteiger partial charge in [-0.1, -0.05) is 12.1 Å². The van der Waals surface area contributed by atoms with Gasteiger partial charge in [-0.25, -0.2) is 8.42 Å². The average molecular weight is 308 g/mol. The highest BCUT2D eigenvalue weighted by Crippen LogP contribution is 2.20. The lowest BCUT2D eigenvalue weighted by Gasteiger charge is -2.26. The monoisotopic (exact) mass is 308 g/mol. The van der Waals surface area contributed by atoms with Gasteiger partial charge in [0.25, 0.3) is 0 Å². The predicted molar refractivity (Wildman–Crippen MR) is 76.3 cm³/mol. The maximum absolute atomic E-state index is 11.6. The second-order valence-electron chi connectivity index (χ2n) is 5.16. The fourth-order valence-electron chi connectivity index (χ4n) is 2.47. The molecule has 1 heterocycles. The molecular formula is C14H16N2O4S. The molecule has 0 bridgehead atoms. The van der Waals surface area contributed by atoms with Crippen molar-refractivity contribution in [2.45, 2.75) is 19.0 Å². The van der Waals surface area contributed by atoms with Crippen LogP contribution in [0.4, 0.5) is 0 Å². The minimum absolute atomic E-state index is 0.0105. The Hall–Kier alpha value is -1.91. The Kier molecular flexibility index (Phi) is 4.60. The Balaban J connectivity index is 2.12. The third kappa shape index (κ3) is 4.28. The molecule has 1 N–H and O–H groups in total. The van der Waals surface area contributed by atoms with Crippen LogP contribution in [0.1, 0.15) is 17.5 Å². The molecule has 1 unspecified atom stereocenters. The van der Waals surface area contributed by atoms with E-state index in [0.29, 0.717) is 18.5 Å². The summed E-state index contributed by atoms with van der Waals surface area (Å²) in [6.45, 7) is 0.165. The highest BCUT2D eigenvalue weighted by Gasteiger charge is 2.33. The molecule has 1 atom stereocenters. The fourth-order valence-corrected chi connectivity index (χ4v) is 4.23. The van der Waals surface area contributed by atoms with Gasteiger partial charge in [-0.2, -0.15) is 5.26 Å². The van der Waals surface area contributed by atoms with Crippen molar-refractivity contribution in [2.24, 2.45) is 0 Å². The molecule has 112 valence electrons. The molecule has 0 aliphatic carbocycles. The third-order valence-corrected chi connectivity index (χ3v) is 5.28. The van der Waals surface area contributed by atoms with Gasteiger partial charge in [-0.3, -0.25) is 9.69 Å². The van der Waals surface area contributed by atoms with E-state index < -0.39 is 15.8 Å². The average Bonchev–Trinajstić information content (AvgIpc) is 2.79. The number of carbonyl (C=O) groups is 1. The molecule has 1 fully saturated rings. The minimum Gasteiger partial charge on any atom is -0.480 e. The molecule has 6 nitrogen and oxygen atoms in total. The van der Waals surface area contributed by atoms with Gasteiger partial charge >= 0.3 is 5.97 Å². The Morgan fingerprint density at radius 3 is 2.52 bits per heavy atom. The topological polar surface area (TPSA) is 98.5 Å². The third-order valence-electron chi connectivity index (χ3n) is 3.53. The summed E-state index contributed by atoms with van der Waals surface area (Å²) in [7, 11) is -3.06. The molecule has 0 amide bonds. The summed E-state index contributed by atoms with van der Waals surface area (Å²) in [6, 6.07) is 8.61. The maximum Gasteiger partial charge on any atom is 0.317 e. The van der Waals surface area contributed by atoms with Gasteiger partial charge in [0.2, 0.25) is 0 Å². The van der Waals surface area contributed by atoms with Gasteiger partial charge in [-0.15, -0.1) is 0 Å². The molecule has 7 heteroatoms. The normalized spacial score (nSPS) is 20.3. The minimum atomic E-state index is -3.06. The summed E-state index contributed by atoms with van der Waals surface area (Å²) in [5, 5.41) is 17.8. The highest BCUT2D eigenvalue weighted by molar-refractivity contribution is 7.91. The molecule has 1 aliphatic heterocycles. The van der Waals surface area contributed by atoms with E-state index in [1.54, 1.807) is 29.2 Å². The number of hydrogen-bond acceptors (Lipinski definition) is 5. The van der Waals surface area contributed by atoms with Crippen LogP contribution in [-0.2, 0) is 21.2 Å². The van der Waals surface area contributed by atoms with Gasteiger partial charge in [0.15, 0.2) is 9.84 Å². The molecule has 2 rings (SSSR count). The summed E-state index contributed by atoms with van der Waals surface area (Å²) >= 11 is 0. The van der Waals surface area contributed by atoms with E-state index in [9.17, 15) is 13.2 Å². The number of benzene rings is 1. The van der Waals surface area contributed by atoms with Crippen molar-refractivity contribution in [2.75, 3.05) is 18.1 Å². The van der Waals surface area contributed by atoms with E-state index in [1.165, 1.54) is 0 Å². The lowest BCUT2D eigenvalue weighted by atomic mass is 10.1. The summed E-state index contributed by atoms with van der Waals surface area (Å²) in [4.78, 5) is 12.7. The number of sulfone groups is 1. The van der Waals surface area contributed by atoms with Crippen molar-refractivity contribution in [1.82, 2.24) is 4.90 Å². The van der Waals surface area contributed by atoms with Gasteiger partial charge in [0.1, 0.15) is 0 Å². The van der Waals surface area contributed by atoms with Crippen LogP contribution >= 0.6 is 0 Å². The zero-order valence-electron chi connectivity index (χ0n) is 11.4. The van der Waals surface area contributed by atoms with Crippen molar-refractivity contribution < 1.29 is 18.3 Å². The Morgan fingerprint density at radius 1 is 1.38 bits per heavy atom. The fraction of sp³-hybridized carbons (Fsp3) is 0.429. The number of carboxylic acids is 1. The SMILES string of the molecule is N#Cc1ccc(CN(CC(=O)O)C2CCS(=O)(=O)C2)cc1. The first-order chi connectivity index (χ1) is 9.89. The number of carboxylic acid groups (broad SMARTS) is 1. The van der Waals surface area contributed by atoms with Crippen LogP contribution in [0.3, 0.4) is 0 Å². The summed E-state index contributed by atoms with van der Waals surface area (Å²) in [5.74, 6) is -0.856. The van der Waals surface area contributed by atoms with Crippen LogP contribution in [0.2, 0.25) is 0 Å². The molecule has 0 radical (unpaired) electrons. The Labute approximate surface area is 123 Å². The largest absolute Gasteiger partial charge is 0.480 e. The van der Waals surface area contributed by atoms with E-state index in [-0.39, 0.29) is 24.1 Å². The predicted octanol–water partition coefficient (Wildman–Crippen LogP) is 0.632. The lowest BCUT2D eigenvalue weighted by molar-refractivity contribution is -0.139. The first-order valence-corrected chi connectivity index (χ1v) is 8.37. The first kappa shape index (κ1) is 15.5. The van der Waals surface area contributed by atoms with E-state index in [0.717, 1.165) is 5.56 Å². The van der Waals surface area contributed by atoms with Crippen LogP contribution in [0.25, 0.3) is 0 Å². The van der Waals surface area contributed by atoms with E-state index >= 15 is 0 Å². The standard InChI is InChI=1S/C14H16N2O4S/c15-7-11-1-3-12(4-2-11)8-16(9-14(17)18)13-5-6-21(19,20)10-13/h1-4,13H,5-6,8-10H2,(H,17,18). The molecule has 1 aliphatic rings. The van der Waals surface area contributed by atoms with Gasteiger partial charge in [0.05, 0.1) is 29.7 Å². The van der Waals surface area contributed by atoms with E-state index in [4.69, 9.17) is 10.4 Å². The zero-order valence-corrected chi connectivity index (χ0v) is 12.2. The molecule has 1 aromatic carbocycles. The number of nitrogens with zero attached hydrogens (tertiary/aromatic N) is 2. The summed E-state index contributed by atoms with van der Waals surface area (Å²) in [6.07, 6.45) is 0.464. The van der Waals surface area contributed by atoms with Gasteiger partial charge in [-0.05, 0) is 24.1 Å². The number of nitriles is 1. The number of hydrogen-bond donors (Lipinski definition) is 1. The van der Waals surface area contributed by atoms with Crippen molar-refractivity contribution in [3.8, 4) is 6.07 Å². The summed E-state index contributed by atoms with van der Waals surface area (Å²) < 4.78 is 23.1. The zero-order chi connectivity index (χ0) is 15.5. The maximum atomic E-state index is 11.6. The van der Waals surface area contributed by atoms with Gasteiger partial charge < -0.3 is 5.11 Å². The Bertz CT molecular complexity index is 661. The van der Waals surface area contributed by atoms with Crippen LogP contribution in [0.5, 0.6) is 0 Å². The second-order valence-corrected chi connectivity index (χ2v) is 7.39. The van der Waals surface area contributed by atoms with Gasteiger partial charge in [0, 0.05) is 12.6 Å². The van der Waals surface area contributed by atoms with Crippen molar-refractivity contribution in [3.63, 3.8) is 0 Å². The number of aliphatic carboxylic acids is 1. The lowest BCUT2D eigenvalue weighted by Crippen LogP contribution is -2.39. The quantitative estimate of drug-likeness (QED) is 0.856. The molecule has 1 saturated heterocycles. The molecule has 0 spiro atoms. The van der Waals surface area contributed by atoms with E-state index in [1.807, 2.05) is 6.07 Å². The van der Waals surface area contributed by atoms with Crippen molar-refractivity contribution in [3.05, 3.63) is 35.4 Å². The van der Waals surface area contributed by atoms with Crippen LogP contribution < -0.4 is 0 Å². The van der Waals surface area contributed by atoms with E-state index in [2.05, 4.69) is 0 Å². The molecule has 21 heavy (non-hydrogen) atoms. The first-order valence-electron chi connectivity index (χ1n) is 6.55. The Morgan fingerprint density at radius 2 is 2.05 bits per heavy atom. The molecule has 0 aromatic heterocycles. The van der Waals surface area contributed by atoms with Crippen molar-refractivity contribution in [1.29, 1.82) is 5.26 Å². The number of rotatable bonds is 5. The molecular weight excluding hydrogens is 292 g/mol. The molecule has 0 saturated carbocycles. The van der Waals surface area contributed by atoms with Crippen LogP contribution in [0.15, 0.2) is 24.3 Å². The van der Waals surface area contributed by atoms with Crippen LogP contribution in [0, 0.1) is 11.3 Å². The highest BCUT2D eigenvalue weighted by atomic mass is 32.2. The van der Waals surface area contributed by atoms with Crippen molar-refractivity contribution >= 4 is 15.8 Å². The summed E-state index contributed by atoms with van der Waals surface area (Å²) in [5.41, 5.74) is 1.39. The van der Waals surface area contributed by atoms with Crippen LogP contribution in [-0.4, -0.2) is 48.5 Å². The second kappa shape index (κ2) is 6.24.